The average Bonchev–Trinajstić information content (AvgIpc) is 2.57. The molecule has 1 fully saturated rings. The number of nitrogens with zero attached hydrogens (tertiary/aromatic N) is 1. The van der Waals surface area contributed by atoms with Gasteiger partial charge in [0.25, 0.3) is 0 Å². The van der Waals surface area contributed by atoms with Crippen molar-refractivity contribution in [3.05, 3.63) is 0 Å². The molecular formula is C13H28N2O2S. The van der Waals surface area contributed by atoms with Crippen molar-refractivity contribution >= 4 is 9.84 Å². The predicted molar refractivity (Wildman–Crippen MR) is 76.6 cm³/mol. The molecule has 4 nitrogen and oxygen atoms in total. The standard InChI is InChI=1S/C13H28N2O2S/c1-13(2,3)12(14-4)6-8-15(5)11-7-9-18(16,17)10-11/h11-12,14H,6-10H2,1-5H3. The van der Waals surface area contributed by atoms with Crippen LogP contribution >= 0.6 is 0 Å². The average molecular weight is 276 g/mol. The summed E-state index contributed by atoms with van der Waals surface area (Å²) in [7, 11) is 1.27. The summed E-state index contributed by atoms with van der Waals surface area (Å²) >= 11 is 0. The highest BCUT2D eigenvalue weighted by Crippen LogP contribution is 2.23. The van der Waals surface area contributed by atoms with Crippen LogP contribution in [-0.2, 0) is 9.84 Å². The second-order valence-electron chi connectivity index (χ2n) is 6.53. The first-order valence-electron chi connectivity index (χ1n) is 6.73. The lowest BCUT2D eigenvalue weighted by Crippen LogP contribution is -2.42. The normalized spacial score (nSPS) is 25.6. The molecule has 0 saturated carbocycles. The zero-order valence-electron chi connectivity index (χ0n) is 12.4. The van der Waals surface area contributed by atoms with Gasteiger partial charge in [-0.15, -0.1) is 0 Å². The van der Waals surface area contributed by atoms with Crippen LogP contribution in [0, 0.1) is 5.41 Å². The van der Waals surface area contributed by atoms with Gasteiger partial charge in [-0.3, -0.25) is 0 Å². The van der Waals surface area contributed by atoms with Crippen molar-refractivity contribution in [1.29, 1.82) is 0 Å². The van der Waals surface area contributed by atoms with Gasteiger partial charge in [-0.2, -0.15) is 0 Å². The molecule has 0 aliphatic carbocycles. The zero-order chi connectivity index (χ0) is 14.0. The van der Waals surface area contributed by atoms with E-state index in [1.807, 2.05) is 14.1 Å². The number of hydrogen-bond acceptors (Lipinski definition) is 4. The van der Waals surface area contributed by atoms with Gasteiger partial charge in [-0.05, 0) is 38.9 Å². The molecular weight excluding hydrogens is 248 g/mol. The van der Waals surface area contributed by atoms with Crippen molar-refractivity contribution < 1.29 is 8.42 Å². The molecule has 0 aromatic heterocycles. The van der Waals surface area contributed by atoms with Crippen LogP contribution in [0.2, 0.25) is 0 Å². The topological polar surface area (TPSA) is 49.4 Å². The lowest BCUT2D eigenvalue weighted by Gasteiger charge is -2.33. The molecule has 1 saturated heterocycles. The summed E-state index contributed by atoms with van der Waals surface area (Å²) in [6, 6.07) is 0.672. The van der Waals surface area contributed by atoms with Crippen LogP contribution in [0.3, 0.4) is 0 Å². The van der Waals surface area contributed by atoms with E-state index in [2.05, 4.69) is 31.0 Å². The van der Waals surface area contributed by atoms with Crippen LogP contribution in [-0.4, -0.2) is 57.5 Å². The van der Waals surface area contributed by atoms with Gasteiger partial charge in [0, 0.05) is 12.1 Å². The summed E-state index contributed by atoms with van der Waals surface area (Å²) in [6.07, 6.45) is 1.84. The Morgan fingerprint density at radius 1 is 1.39 bits per heavy atom. The highest BCUT2D eigenvalue weighted by molar-refractivity contribution is 7.91. The van der Waals surface area contributed by atoms with Gasteiger partial charge in [0.1, 0.15) is 0 Å². The minimum absolute atomic E-state index is 0.215. The molecule has 1 rings (SSSR count). The van der Waals surface area contributed by atoms with Crippen molar-refractivity contribution in [3.63, 3.8) is 0 Å². The molecule has 0 aromatic carbocycles. The van der Waals surface area contributed by atoms with E-state index in [0.29, 0.717) is 17.5 Å². The third kappa shape index (κ3) is 4.52. The first kappa shape index (κ1) is 15.9. The van der Waals surface area contributed by atoms with E-state index in [1.54, 1.807) is 0 Å². The summed E-state index contributed by atoms with van der Waals surface area (Å²) in [5, 5.41) is 3.36. The minimum Gasteiger partial charge on any atom is -0.316 e. The van der Waals surface area contributed by atoms with Crippen molar-refractivity contribution in [1.82, 2.24) is 10.2 Å². The second kappa shape index (κ2) is 5.88. The molecule has 1 aliphatic heterocycles. The van der Waals surface area contributed by atoms with Crippen LogP contribution in [0.1, 0.15) is 33.6 Å². The number of nitrogens with one attached hydrogen (secondary N) is 1. The Kier molecular flexibility index (Phi) is 5.21. The Morgan fingerprint density at radius 2 is 2.00 bits per heavy atom. The monoisotopic (exact) mass is 276 g/mol. The van der Waals surface area contributed by atoms with Crippen LogP contribution in [0.5, 0.6) is 0 Å². The Morgan fingerprint density at radius 3 is 2.39 bits per heavy atom. The number of sulfone groups is 1. The molecule has 1 aliphatic rings. The maximum Gasteiger partial charge on any atom is 0.151 e. The molecule has 2 atom stereocenters. The highest BCUT2D eigenvalue weighted by Gasteiger charge is 2.31. The van der Waals surface area contributed by atoms with Gasteiger partial charge in [-0.1, -0.05) is 20.8 Å². The van der Waals surface area contributed by atoms with E-state index in [-0.39, 0.29) is 11.5 Å². The summed E-state index contributed by atoms with van der Waals surface area (Å²) in [4.78, 5) is 2.21. The molecule has 18 heavy (non-hydrogen) atoms. The van der Waals surface area contributed by atoms with Gasteiger partial charge >= 0.3 is 0 Å². The molecule has 5 heteroatoms. The third-order valence-electron chi connectivity index (χ3n) is 4.00. The highest BCUT2D eigenvalue weighted by atomic mass is 32.2. The van der Waals surface area contributed by atoms with Gasteiger partial charge < -0.3 is 10.2 Å². The second-order valence-corrected chi connectivity index (χ2v) is 8.76. The first-order valence-corrected chi connectivity index (χ1v) is 8.56. The molecule has 0 spiro atoms. The molecule has 0 amide bonds. The van der Waals surface area contributed by atoms with Crippen molar-refractivity contribution in [3.8, 4) is 0 Å². The Bertz CT molecular complexity index is 360. The Balaban J connectivity index is 2.44. The smallest absolute Gasteiger partial charge is 0.151 e. The van der Waals surface area contributed by atoms with Crippen molar-refractivity contribution in [2.45, 2.75) is 45.7 Å². The number of rotatable bonds is 5. The summed E-state index contributed by atoms with van der Waals surface area (Å²) in [6.45, 7) is 7.64. The van der Waals surface area contributed by atoms with E-state index in [9.17, 15) is 8.42 Å². The zero-order valence-corrected chi connectivity index (χ0v) is 13.2. The maximum atomic E-state index is 11.5. The van der Waals surface area contributed by atoms with Gasteiger partial charge in [-0.25, -0.2) is 8.42 Å². The molecule has 1 N–H and O–H groups in total. The van der Waals surface area contributed by atoms with Crippen molar-refractivity contribution in [2.24, 2.45) is 5.41 Å². The van der Waals surface area contributed by atoms with E-state index in [1.165, 1.54) is 0 Å². The van der Waals surface area contributed by atoms with Crippen LogP contribution in [0.15, 0.2) is 0 Å². The van der Waals surface area contributed by atoms with Crippen molar-refractivity contribution in [2.75, 3.05) is 32.1 Å². The van der Waals surface area contributed by atoms with Gasteiger partial charge in [0.15, 0.2) is 9.84 Å². The fourth-order valence-electron chi connectivity index (χ4n) is 2.65. The minimum atomic E-state index is -2.77. The first-order chi connectivity index (χ1) is 8.15. The molecule has 1 heterocycles. The fraction of sp³-hybridized carbons (Fsp3) is 1.00. The summed E-state index contributed by atoms with van der Waals surface area (Å²) < 4.78 is 22.9. The van der Waals surface area contributed by atoms with E-state index in [0.717, 1.165) is 19.4 Å². The lowest BCUT2D eigenvalue weighted by molar-refractivity contribution is 0.205. The summed E-state index contributed by atoms with van der Waals surface area (Å²) in [5.74, 6) is 0.694. The van der Waals surface area contributed by atoms with Crippen LogP contribution < -0.4 is 5.32 Å². The molecule has 0 aromatic rings. The molecule has 0 radical (unpaired) electrons. The Labute approximate surface area is 112 Å². The SMILES string of the molecule is CNC(CCN(C)C1CCS(=O)(=O)C1)C(C)(C)C. The molecule has 0 bridgehead atoms. The fourth-order valence-corrected chi connectivity index (χ4v) is 4.45. The lowest BCUT2D eigenvalue weighted by atomic mass is 9.85. The molecule has 108 valence electrons. The predicted octanol–water partition coefficient (Wildman–Crippen LogP) is 1.13. The molecule has 2 unspecified atom stereocenters. The van der Waals surface area contributed by atoms with Crippen LogP contribution in [0.25, 0.3) is 0 Å². The largest absolute Gasteiger partial charge is 0.316 e. The van der Waals surface area contributed by atoms with Gasteiger partial charge in [0.2, 0.25) is 0 Å². The third-order valence-corrected chi connectivity index (χ3v) is 5.75. The maximum absolute atomic E-state index is 11.5. The number of hydrogen-bond donors (Lipinski definition) is 1. The van der Waals surface area contributed by atoms with E-state index >= 15 is 0 Å². The quantitative estimate of drug-likeness (QED) is 0.818. The van der Waals surface area contributed by atoms with E-state index in [4.69, 9.17) is 0 Å². The Hall–Kier alpha value is -0.130. The summed E-state index contributed by atoms with van der Waals surface area (Å²) in [5.41, 5.74) is 0.233. The van der Waals surface area contributed by atoms with E-state index < -0.39 is 9.84 Å². The van der Waals surface area contributed by atoms with Crippen LogP contribution in [0.4, 0.5) is 0 Å². The van der Waals surface area contributed by atoms with Gasteiger partial charge in [0.05, 0.1) is 11.5 Å².